The van der Waals surface area contributed by atoms with Gasteiger partial charge in [0.2, 0.25) is 0 Å². The van der Waals surface area contributed by atoms with E-state index in [4.69, 9.17) is 5.11 Å². The Balaban J connectivity index is 2.58. The molecule has 0 bridgehead atoms. The molecule has 1 atom stereocenters. The molecular weight excluding hydrogens is 128 g/mol. The third kappa shape index (κ3) is 1.84. The number of nitrogens with zero attached hydrogens (tertiary/aromatic N) is 2. The molecule has 0 amide bonds. The van der Waals surface area contributed by atoms with Gasteiger partial charge < -0.3 is 5.11 Å². The second-order valence-corrected chi connectivity index (χ2v) is 2.59. The Hall–Kier alpha value is -0.830. The Morgan fingerprint density at radius 3 is 2.90 bits per heavy atom. The van der Waals surface area contributed by atoms with Crippen LogP contribution in [0.3, 0.4) is 0 Å². The van der Waals surface area contributed by atoms with Crippen LogP contribution in [0.25, 0.3) is 0 Å². The maximum absolute atomic E-state index is 8.95. The van der Waals surface area contributed by atoms with Crippen LogP contribution in [0.2, 0.25) is 0 Å². The lowest BCUT2D eigenvalue weighted by Crippen LogP contribution is -2.11. The number of hydrogen-bond donors (Lipinski definition) is 1. The standard InChI is InChI=1S/C7H12N2O/c1-6-3-8-9(4-6)5-7(2)10/h3-4,7,10H,5H2,1-2H3/t7-/m0/s1. The van der Waals surface area contributed by atoms with Crippen LogP contribution in [0, 0.1) is 6.92 Å². The van der Waals surface area contributed by atoms with Gasteiger partial charge in [0, 0.05) is 6.20 Å². The third-order valence-electron chi connectivity index (χ3n) is 1.21. The number of aryl methyl sites for hydroxylation is 1. The van der Waals surface area contributed by atoms with Gasteiger partial charge in [-0.15, -0.1) is 0 Å². The molecule has 0 aliphatic heterocycles. The van der Waals surface area contributed by atoms with Crippen LogP contribution in [0.4, 0.5) is 0 Å². The second-order valence-electron chi connectivity index (χ2n) is 2.59. The summed E-state index contributed by atoms with van der Waals surface area (Å²) in [6.07, 6.45) is 3.37. The fraction of sp³-hybridized carbons (Fsp3) is 0.571. The highest BCUT2D eigenvalue weighted by Crippen LogP contribution is 1.95. The number of aromatic nitrogens is 2. The van der Waals surface area contributed by atoms with Crippen molar-refractivity contribution in [3.8, 4) is 0 Å². The molecule has 0 radical (unpaired) electrons. The highest BCUT2D eigenvalue weighted by atomic mass is 16.3. The number of rotatable bonds is 2. The van der Waals surface area contributed by atoms with Crippen LogP contribution in [-0.2, 0) is 6.54 Å². The summed E-state index contributed by atoms with van der Waals surface area (Å²) in [5.41, 5.74) is 1.13. The van der Waals surface area contributed by atoms with Crippen molar-refractivity contribution in [1.29, 1.82) is 0 Å². The first-order valence-corrected chi connectivity index (χ1v) is 3.35. The van der Waals surface area contributed by atoms with Gasteiger partial charge in [-0.1, -0.05) is 0 Å². The van der Waals surface area contributed by atoms with Crippen LogP contribution in [-0.4, -0.2) is 21.0 Å². The highest BCUT2D eigenvalue weighted by molar-refractivity contribution is 4.99. The molecule has 0 aromatic carbocycles. The van der Waals surface area contributed by atoms with Gasteiger partial charge in [-0.3, -0.25) is 4.68 Å². The maximum Gasteiger partial charge on any atom is 0.0708 e. The minimum Gasteiger partial charge on any atom is -0.391 e. The predicted molar refractivity (Wildman–Crippen MR) is 38.6 cm³/mol. The fourth-order valence-corrected chi connectivity index (χ4v) is 0.838. The summed E-state index contributed by atoms with van der Waals surface area (Å²) in [5, 5.41) is 13.0. The molecule has 1 rings (SSSR count). The van der Waals surface area contributed by atoms with Crippen molar-refractivity contribution in [2.24, 2.45) is 0 Å². The van der Waals surface area contributed by atoms with Gasteiger partial charge in [-0.2, -0.15) is 5.10 Å². The molecule has 0 saturated carbocycles. The summed E-state index contributed by atoms with van der Waals surface area (Å²) in [7, 11) is 0. The molecule has 0 fully saturated rings. The topological polar surface area (TPSA) is 38.0 Å². The zero-order chi connectivity index (χ0) is 7.56. The Morgan fingerprint density at radius 2 is 2.50 bits per heavy atom. The lowest BCUT2D eigenvalue weighted by atomic mass is 10.4. The minimum atomic E-state index is -0.320. The van der Waals surface area contributed by atoms with E-state index in [0.717, 1.165) is 5.56 Å². The third-order valence-corrected chi connectivity index (χ3v) is 1.21. The Kier molecular flexibility index (Phi) is 2.06. The summed E-state index contributed by atoms with van der Waals surface area (Å²) in [5.74, 6) is 0. The molecule has 1 aromatic rings. The van der Waals surface area contributed by atoms with Crippen molar-refractivity contribution < 1.29 is 5.11 Å². The van der Waals surface area contributed by atoms with E-state index in [1.54, 1.807) is 17.8 Å². The highest BCUT2D eigenvalue weighted by Gasteiger charge is 1.97. The van der Waals surface area contributed by atoms with Crippen molar-refractivity contribution in [3.05, 3.63) is 18.0 Å². The average molecular weight is 140 g/mol. The quantitative estimate of drug-likeness (QED) is 0.652. The molecule has 0 unspecified atom stereocenters. The first-order valence-electron chi connectivity index (χ1n) is 3.35. The van der Waals surface area contributed by atoms with E-state index in [-0.39, 0.29) is 6.10 Å². The maximum atomic E-state index is 8.95. The predicted octanol–water partition coefficient (Wildman–Crippen LogP) is 0.572. The molecule has 1 heterocycles. The first kappa shape index (κ1) is 7.28. The van der Waals surface area contributed by atoms with Crippen molar-refractivity contribution in [3.63, 3.8) is 0 Å². The van der Waals surface area contributed by atoms with E-state index in [9.17, 15) is 0 Å². The largest absolute Gasteiger partial charge is 0.391 e. The number of aliphatic hydroxyl groups is 1. The molecule has 0 spiro atoms. The van der Waals surface area contributed by atoms with Crippen LogP contribution >= 0.6 is 0 Å². The average Bonchev–Trinajstić information content (AvgIpc) is 2.13. The van der Waals surface area contributed by atoms with Crippen molar-refractivity contribution >= 4 is 0 Å². The molecule has 56 valence electrons. The number of aliphatic hydroxyl groups excluding tert-OH is 1. The molecule has 3 heteroatoms. The van der Waals surface area contributed by atoms with Gasteiger partial charge in [-0.25, -0.2) is 0 Å². The van der Waals surface area contributed by atoms with Crippen LogP contribution in [0.15, 0.2) is 12.4 Å². The monoisotopic (exact) mass is 140 g/mol. The van der Waals surface area contributed by atoms with Crippen molar-refractivity contribution in [1.82, 2.24) is 9.78 Å². The molecule has 0 aliphatic rings. The summed E-state index contributed by atoms with van der Waals surface area (Å²) < 4.78 is 1.74. The molecule has 10 heavy (non-hydrogen) atoms. The molecule has 0 aliphatic carbocycles. The van der Waals surface area contributed by atoms with Crippen LogP contribution in [0.5, 0.6) is 0 Å². The molecule has 1 aromatic heterocycles. The lowest BCUT2D eigenvalue weighted by Gasteiger charge is -2.02. The molecule has 1 N–H and O–H groups in total. The molecule has 0 saturated heterocycles. The fourth-order valence-electron chi connectivity index (χ4n) is 0.838. The van der Waals surface area contributed by atoms with E-state index in [0.29, 0.717) is 6.54 Å². The Morgan fingerprint density at radius 1 is 1.80 bits per heavy atom. The van der Waals surface area contributed by atoms with E-state index in [1.807, 2.05) is 13.1 Å². The normalized spacial score (nSPS) is 13.5. The number of hydrogen-bond acceptors (Lipinski definition) is 2. The van der Waals surface area contributed by atoms with Crippen molar-refractivity contribution in [2.45, 2.75) is 26.5 Å². The summed E-state index contributed by atoms with van der Waals surface area (Å²) >= 11 is 0. The summed E-state index contributed by atoms with van der Waals surface area (Å²) in [6.45, 7) is 4.30. The Bertz CT molecular complexity index is 205. The van der Waals surface area contributed by atoms with E-state index < -0.39 is 0 Å². The minimum absolute atomic E-state index is 0.320. The molecular formula is C7H12N2O. The van der Waals surface area contributed by atoms with Gasteiger partial charge in [-0.05, 0) is 19.4 Å². The van der Waals surface area contributed by atoms with Crippen molar-refractivity contribution in [2.75, 3.05) is 0 Å². The van der Waals surface area contributed by atoms with Gasteiger partial charge in [0.1, 0.15) is 0 Å². The van der Waals surface area contributed by atoms with Crippen LogP contribution in [0.1, 0.15) is 12.5 Å². The smallest absolute Gasteiger partial charge is 0.0708 e. The van der Waals surface area contributed by atoms with Gasteiger partial charge in [0.15, 0.2) is 0 Å². The summed E-state index contributed by atoms with van der Waals surface area (Å²) in [6, 6.07) is 0. The zero-order valence-electron chi connectivity index (χ0n) is 6.28. The first-order chi connectivity index (χ1) is 4.68. The van der Waals surface area contributed by atoms with E-state index >= 15 is 0 Å². The Labute approximate surface area is 60.3 Å². The van der Waals surface area contributed by atoms with Gasteiger partial charge in [0.25, 0.3) is 0 Å². The van der Waals surface area contributed by atoms with E-state index in [1.165, 1.54) is 0 Å². The summed E-state index contributed by atoms with van der Waals surface area (Å²) in [4.78, 5) is 0. The molecule has 3 nitrogen and oxygen atoms in total. The van der Waals surface area contributed by atoms with E-state index in [2.05, 4.69) is 5.10 Å². The van der Waals surface area contributed by atoms with Crippen LogP contribution < -0.4 is 0 Å². The zero-order valence-corrected chi connectivity index (χ0v) is 6.28. The lowest BCUT2D eigenvalue weighted by molar-refractivity contribution is 0.168. The van der Waals surface area contributed by atoms with Gasteiger partial charge >= 0.3 is 0 Å². The van der Waals surface area contributed by atoms with Gasteiger partial charge in [0.05, 0.1) is 18.8 Å². The second kappa shape index (κ2) is 2.84. The SMILES string of the molecule is Cc1cnn(C[C@H](C)O)c1.